The van der Waals surface area contributed by atoms with Gasteiger partial charge in [-0.15, -0.1) is 0 Å². The van der Waals surface area contributed by atoms with Crippen LogP contribution in [0.15, 0.2) is 48.7 Å². The van der Waals surface area contributed by atoms with Crippen LogP contribution in [0.5, 0.6) is 5.75 Å². The summed E-state index contributed by atoms with van der Waals surface area (Å²) in [5.41, 5.74) is 1.07. The highest BCUT2D eigenvalue weighted by molar-refractivity contribution is 6.30. The van der Waals surface area contributed by atoms with Crippen molar-refractivity contribution in [2.24, 2.45) is 0 Å². The molecule has 2 aromatic carbocycles. The van der Waals surface area contributed by atoms with Gasteiger partial charge < -0.3 is 10.4 Å². The molecule has 0 spiro atoms. The van der Waals surface area contributed by atoms with Crippen LogP contribution in [0.3, 0.4) is 0 Å². The zero-order chi connectivity index (χ0) is 19.4. The number of carbonyl (C=O) groups excluding carboxylic acids is 1. The number of hydrogen-bond donors (Lipinski definition) is 2. The van der Waals surface area contributed by atoms with Crippen molar-refractivity contribution < 1.29 is 14.3 Å². The van der Waals surface area contributed by atoms with Crippen LogP contribution in [0.25, 0.3) is 17.0 Å². The van der Waals surface area contributed by atoms with Crippen LogP contribution in [0, 0.1) is 17.1 Å². The Hall–Kier alpha value is -3.43. The lowest BCUT2D eigenvalue weighted by Crippen LogP contribution is -2.23. The van der Waals surface area contributed by atoms with Crippen LogP contribution < -0.4 is 5.32 Å². The van der Waals surface area contributed by atoms with Gasteiger partial charge in [0, 0.05) is 29.2 Å². The molecular weight excluding hydrogens is 369 g/mol. The zero-order valence-corrected chi connectivity index (χ0v) is 14.7. The molecule has 2 N–H and O–H groups in total. The van der Waals surface area contributed by atoms with Crippen LogP contribution in [0.2, 0.25) is 5.02 Å². The molecule has 0 aliphatic rings. The normalized spacial score (nSPS) is 10.9. The number of hydrogen-bond acceptors (Lipinski definition) is 4. The second-order valence-corrected chi connectivity index (χ2v) is 6.13. The predicted octanol–water partition coefficient (Wildman–Crippen LogP) is 4.20. The Morgan fingerprint density at radius 2 is 2.07 bits per heavy atom. The highest BCUT2D eigenvalue weighted by Gasteiger charge is 2.17. The number of amides is 1. The number of nitrogens with one attached hydrogen (secondary N) is 1. The number of aromatic nitrogens is 1. The third-order valence-corrected chi connectivity index (χ3v) is 4.13. The Morgan fingerprint density at radius 3 is 2.78 bits per heavy atom. The summed E-state index contributed by atoms with van der Waals surface area (Å²) in [5, 5.41) is 22.4. The van der Waals surface area contributed by atoms with E-state index < -0.39 is 11.7 Å². The minimum absolute atomic E-state index is 0.0594. The average molecular weight is 382 g/mol. The second kappa shape index (κ2) is 7.85. The second-order valence-electron chi connectivity index (χ2n) is 5.69. The highest BCUT2D eigenvalue weighted by atomic mass is 35.5. The molecule has 1 heterocycles. The van der Waals surface area contributed by atoms with Crippen molar-refractivity contribution >= 4 is 34.5 Å². The molecule has 5 nitrogen and oxygen atoms in total. The number of aromatic hydroxyl groups is 1. The van der Waals surface area contributed by atoms with E-state index in [1.54, 1.807) is 24.3 Å². The first kappa shape index (κ1) is 18.4. The van der Waals surface area contributed by atoms with Crippen molar-refractivity contribution in [3.8, 4) is 11.8 Å². The zero-order valence-electron chi connectivity index (χ0n) is 13.9. The SMILES string of the molecule is N#CC=Cc1cc(F)c2ncc(C(=O)NCc3ccc(Cl)cc3)c(O)c2c1. The summed E-state index contributed by atoms with van der Waals surface area (Å²) in [6.45, 7) is 0.229. The molecule has 0 unspecified atom stereocenters. The Bertz CT molecular complexity index is 1090. The molecule has 0 atom stereocenters. The van der Waals surface area contributed by atoms with Crippen LogP contribution >= 0.6 is 11.6 Å². The van der Waals surface area contributed by atoms with Crippen molar-refractivity contribution in [2.45, 2.75) is 6.54 Å². The van der Waals surface area contributed by atoms with E-state index in [0.717, 1.165) is 11.8 Å². The van der Waals surface area contributed by atoms with Gasteiger partial charge in [-0.3, -0.25) is 9.78 Å². The minimum atomic E-state index is -0.659. The molecule has 7 heteroatoms. The summed E-state index contributed by atoms with van der Waals surface area (Å²) < 4.78 is 14.2. The van der Waals surface area contributed by atoms with Crippen LogP contribution in [0.4, 0.5) is 4.39 Å². The summed E-state index contributed by atoms with van der Waals surface area (Å²) in [6, 6.07) is 11.4. The fourth-order valence-corrected chi connectivity index (χ4v) is 2.67. The molecule has 1 aromatic heterocycles. The summed E-state index contributed by atoms with van der Waals surface area (Å²) >= 11 is 5.82. The molecule has 0 saturated carbocycles. The van der Waals surface area contributed by atoms with Crippen LogP contribution in [-0.4, -0.2) is 16.0 Å². The van der Waals surface area contributed by atoms with Gasteiger partial charge in [-0.1, -0.05) is 23.7 Å². The van der Waals surface area contributed by atoms with Gasteiger partial charge >= 0.3 is 0 Å². The molecule has 134 valence electrons. The fourth-order valence-electron chi connectivity index (χ4n) is 2.54. The Kier molecular flexibility index (Phi) is 5.34. The molecule has 27 heavy (non-hydrogen) atoms. The molecule has 0 fully saturated rings. The van der Waals surface area contributed by atoms with Crippen LogP contribution in [0.1, 0.15) is 21.5 Å². The topological polar surface area (TPSA) is 86.0 Å². The van der Waals surface area contributed by atoms with Crippen molar-refractivity contribution in [3.05, 3.63) is 76.2 Å². The lowest BCUT2D eigenvalue weighted by atomic mass is 10.1. The summed E-state index contributed by atoms with van der Waals surface area (Å²) in [7, 11) is 0. The first-order valence-corrected chi connectivity index (χ1v) is 8.27. The molecule has 3 rings (SSSR count). The van der Waals surface area contributed by atoms with E-state index in [1.165, 1.54) is 24.3 Å². The number of pyridine rings is 1. The monoisotopic (exact) mass is 381 g/mol. The number of carbonyl (C=O) groups is 1. The molecule has 0 aliphatic heterocycles. The number of halogens is 2. The predicted molar refractivity (Wildman–Crippen MR) is 101 cm³/mol. The standard InChI is InChI=1S/C20H13ClFN3O2/c21-14-5-3-12(4-6-14)10-25-20(27)16-11-24-18-15(19(16)26)8-13(2-1-7-23)9-17(18)22/h1-6,8-9,11H,10H2,(H,24,26)(H,25,27). The fraction of sp³-hybridized carbons (Fsp3) is 0.0500. The minimum Gasteiger partial charge on any atom is -0.506 e. The average Bonchev–Trinajstić information content (AvgIpc) is 2.66. The van der Waals surface area contributed by atoms with E-state index in [2.05, 4.69) is 10.3 Å². The first-order valence-electron chi connectivity index (χ1n) is 7.89. The van der Waals surface area contributed by atoms with E-state index >= 15 is 0 Å². The van der Waals surface area contributed by atoms with Gasteiger partial charge in [0.1, 0.15) is 22.6 Å². The maximum Gasteiger partial charge on any atom is 0.256 e. The molecule has 0 aliphatic carbocycles. The number of nitrogens with zero attached hydrogens (tertiary/aromatic N) is 2. The van der Waals surface area contributed by atoms with Gasteiger partial charge in [0.2, 0.25) is 0 Å². The Labute approximate surface area is 159 Å². The van der Waals surface area contributed by atoms with Crippen molar-refractivity contribution in [3.63, 3.8) is 0 Å². The van der Waals surface area contributed by atoms with Gasteiger partial charge in [0.25, 0.3) is 5.91 Å². The van der Waals surface area contributed by atoms with Gasteiger partial charge in [0.15, 0.2) is 0 Å². The molecule has 0 bridgehead atoms. The summed E-state index contributed by atoms with van der Waals surface area (Å²) in [6.07, 6.45) is 3.71. The lowest BCUT2D eigenvalue weighted by molar-refractivity contribution is 0.0948. The molecule has 0 saturated heterocycles. The molecular formula is C20H13ClFN3O2. The summed E-state index contributed by atoms with van der Waals surface area (Å²) in [5.74, 6) is -1.58. The van der Waals surface area contributed by atoms with Gasteiger partial charge in [-0.25, -0.2) is 4.39 Å². The lowest BCUT2D eigenvalue weighted by Gasteiger charge is -2.10. The Balaban J connectivity index is 1.90. The van der Waals surface area contributed by atoms with Crippen molar-refractivity contribution in [2.75, 3.05) is 0 Å². The van der Waals surface area contributed by atoms with Crippen molar-refractivity contribution in [1.29, 1.82) is 5.26 Å². The van der Waals surface area contributed by atoms with E-state index in [0.29, 0.717) is 10.6 Å². The smallest absolute Gasteiger partial charge is 0.256 e. The van der Waals surface area contributed by atoms with Gasteiger partial charge in [-0.05, 0) is 41.5 Å². The van der Waals surface area contributed by atoms with Crippen molar-refractivity contribution in [1.82, 2.24) is 10.3 Å². The van der Waals surface area contributed by atoms with Crippen LogP contribution in [-0.2, 0) is 6.54 Å². The maximum absolute atomic E-state index is 14.2. The molecule has 3 aromatic rings. The number of rotatable bonds is 4. The Morgan fingerprint density at radius 1 is 1.33 bits per heavy atom. The maximum atomic E-state index is 14.2. The van der Waals surface area contributed by atoms with E-state index in [-0.39, 0.29) is 28.8 Å². The molecule has 1 amide bonds. The summed E-state index contributed by atoms with van der Waals surface area (Å²) in [4.78, 5) is 16.4. The first-order chi connectivity index (χ1) is 13.0. The van der Waals surface area contributed by atoms with E-state index in [4.69, 9.17) is 16.9 Å². The van der Waals surface area contributed by atoms with Gasteiger partial charge in [0.05, 0.1) is 6.07 Å². The number of allylic oxidation sites excluding steroid dienone is 1. The number of nitriles is 1. The van der Waals surface area contributed by atoms with E-state index in [9.17, 15) is 14.3 Å². The quantitative estimate of drug-likeness (QED) is 0.663. The third kappa shape index (κ3) is 4.05. The van der Waals surface area contributed by atoms with Gasteiger partial charge in [-0.2, -0.15) is 5.26 Å². The third-order valence-electron chi connectivity index (χ3n) is 3.88. The highest BCUT2D eigenvalue weighted by Crippen LogP contribution is 2.30. The number of fused-ring (bicyclic) bond motifs is 1. The number of benzene rings is 2. The largest absolute Gasteiger partial charge is 0.506 e. The molecule has 0 radical (unpaired) electrons. The van der Waals surface area contributed by atoms with E-state index in [1.807, 2.05) is 6.07 Å².